The number of hydrogen-bond donors (Lipinski definition) is 1. The van der Waals surface area contributed by atoms with Crippen LogP contribution < -0.4 is 0 Å². The van der Waals surface area contributed by atoms with Crippen molar-refractivity contribution in [3.63, 3.8) is 0 Å². The fraction of sp³-hybridized carbons (Fsp3) is 0.308. The second-order valence-corrected chi connectivity index (χ2v) is 5.42. The van der Waals surface area contributed by atoms with Crippen LogP contribution in [0, 0.1) is 20.2 Å². The van der Waals surface area contributed by atoms with E-state index in [4.69, 9.17) is 11.6 Å². The van der Waals surface area contributed by atoms with E-state index in [0.29, 0.717) is 18.0 Å². The second-order valence-electron chi connectivity index (χ2n) is 5.03. The molecule has 0 saturated carbocycles. The Labute approximate surface area is 145 Å². The molecule has 0 aromatic heterocycles. The number of carbonyl (C=O) groups is 1. The van der Waals surface area contributed by atoms with Gasteiger partial charge in [0, 0.05) is 6.42 Å². The van der Waals surface area contributed by atoms with Crippen molar-refractivity contribution in [2.75, 3.05) is 0 Å². The Morgan fingerprint density at radius 2 is 1.84 bits per heavy atom. The zero-order valence-electron chi connectivity index (χ0n) is 12.5. The molecule has 0 saturated heterocycles. The molecule has 1 N–H and O–H groups in total. The van der Waals surface area contributed by atoms with Crippen LogP contribution in [-0.4, -0.2) is 55.8 Å². The van der Waals surface area contributed by atoms with Crippen molar-refractivity contribution in [2.24, 2.45) is 9.98 Å². The molecule has 1 aromatic carbocycles. The van der Waals surface area contributed by atoms with Crippen molar-refractivity contribution in [1.82, 2.24) is 5.01 Å². The number of aliphatic carboxylic acids is 1. The molecule has 25 heavy (non-hydrogen) atoms. The lowest BCUT2D eigenvalue weighted by molar-refractivity contribution is -0.737. The average molecular weight is 370 g/mol. The highest BCUT2D eigenvalue weighted by Gasteiger charge is 2.59. The van der Waals surface area contributed by atoms with Gasteiger partial charge in [0.05, 0.1) is 4.92 Å². The number of aliphatic imine (C=N–C) groups is 2. The van der Waals surface area contributed by atoms with E-state index in [1.807, 2.05) is 0 Å². The summed E-state index contributed by atoms with van der Waals surface area (Å²) in [5.74, 6) is -1.60. The number of nitro groups is 2. The van der Waals surface area contributed by atoms with E-state index in [1.165, 1.54) is 0 Å². The first kappa shape index (κ1) is 18.3. The molecule has 11 nitrogen and oxygen atoms in total. The number of nitrogens with zero attached hydrogens (tertiary/aromatic N) is 5. The summed E-state index contributed by atoms with van der Waals surface area (Å²) in [6, 6.07) is 6.21. The first-order valence-electron chi connectivity index (χ1n) is 6.85. The molecular weight excluding hydrogens is 358 g/mol. The Bertz CT molecular complexity index is 726. The van der Waals surface area contributed by atoms with Gasteiger partial charge in [0.25, 0.3) is 0 Å². The molecule has 2 rings (SSSR count). The predicted octanol–water partition coefficient (Wildman–Crippen LogP) is 0.827. The molecule has 1 heterocycles. The van der Waals surface area contributed by atoms with E-state index in [9.17, 15) is 30.1 Å². The third-order valence-corrected chi connectivity index (χ3v) is 3.69. The summed E-state index contributed by atoms with van der Waals surface area (Å²) < 4.78 is 0. The number of alkyl halides is 1. The fourth-order valence-electron chi connectivity index (χ4n) is 2.32. The molecule has 132 valence electrons. The minimum Gasteiger partial charge on any atom is -0.480 e. The van der Waals surface area contributed by atoms with Crippen molar-refractivity contribution in [1.29, 1.82) is 0 Å². The highest BCUT2D eigenvalue weighted by molar-refractivity contribution is 6.21. The standard InChI is InChI=1S/C13H12ClN5O6/c14-12-15-7-13(8-16-12,18(22)23)17(19(24)25)10(11(20)21)6-9-4-2-1-3-5-9/h1-5,7-8,10,12H,6H2,(H,20,21). The van der Waals surface area contributed by atoms with Gasteiger partial charge >= 0.3 is 11.6 Å². The number of hydrazine groups is 1. The molecule has 1 aromatic rings. The number of rotatable bonds is 7. The average Bonchev–Trinajstić information content (AvgIpc) is 2.56. The second kappa shape index (κ2) is 7.21. The van der Waals surface area contributed by atoms with Crippen LogP contribution >= 0.6 is 11.6 Å². The topological polar surface area (TPSA) is 152 Å². The van der Waals surface area contributed by atoms with Crippen LogP contribution in [0.4, 0.5) is 0 Å². The smallest absolute Gasteiger partial charge is 0.416 e. The minimum atomic E-state index is -2.66. The van der Waals surface area contributed by atoms with Gasteiger partial charge < -0.3 is 5.11 Å². The summed E-state index contributed by atoms with van der Waals surface area (Å²) in [6.45, 7) is 0. The largest absolute Gasteiger partial charge is 0.480 e. The summed E-state index contributed by atoms with van der Waals surface area (Å²) in [7, 11) is 0. The Morgan fingerprint density at radius 1 is 1.28 bits per heavy atom. The van der Waals surface area contributed by atoms with Crippen LogP contribution in [0.25, 0.3) is 0 Å². The zero-order chi connectivity index (χ0) is 18.6. The van der Waals surface area contributed by atoms with Crippen LogP contribution in [0.3, 0.4) is 0 Å². The third kappa shape index (κ3) is 3.71. The van der Waals surface area contributed by atoms with Crippen LogP contribution in [-0.2, 0) is 11.2 Å². The number of carboxylic acids is 1. The monoisotopic (exact) mass is 369 g/mol. The van der Waals surface area contributed by atoms with Gasteiger partial charge in [0.1, 0.15) is 12.4 Å². The highest BCUT2D eigenvalue weighted by atomic mass is 35.5. The van der Waals surface area contributed by atoms with Gasteiger partial charge in [-0.05, 0) is 10.6 Å². The molecule has 0 radical (unpaired) electrons. The summed E-state index contributed by atoms with van der Waals surface area (Å²) in [5, 5.41) is 31.4. The van der Waals surface area contributed by atoms with Crippen molar-refractivity contribution >= 4 is 30.0 Å². The summed E-state index contributed by atoms with van der Waals surface area (Å²) >= 11 is 5.58. The molecular formula is C13H12ClN5O6. The predicted molar refractivity (Wildman–Crippen MR) is 86.8 cm³/mol. The van der Waals surface area contributed by atoms with Gasteiger partial charge in [-0.25, -0.2) is 24.9 Å². The highest BCUT2D eigenvalue weighted by Crippen LogP contribution is 2.23. The maximum atomic E-state index is 11.6. The fourth-order valence-corrected chi connectivity index (χ4v) is 2.43. The molecule has 1 aliphatic heterocycles. The molecule has 0 aliphatic carbocycles. The van der Waals surface area contributed by atoms with Gasteiger partial charge in [-0.2, -0.15) is 0 Å². The van der Waals surface area contributed by atoms with Crippen LogP contribution in [0.5, 0.6) is 0 Å². The number of benzene rings is 1. The normalized spacial score (nSPS) is 23.0. The van der Waals surface area contributed by atoms with Gasteiger partial charge in [0.15, 0.2) is 11.1 Å². The van der Waals surface area contributed by atoms with Gasteiger partial charge in [-0.15, -0.1) is 0 Å². The van der Waals surface area contributed by atoms with Crippen molar-refractivity contribution in [3.8, 4) is 0 Å². The van der Waals surface area contributed by atoms with E-state index in [1.54, 1.807) is 30.3 Å². The number of halogens is 1. The van der Waals surface area contributed by atoms with E-state index in [0.717, 1.165) is 0 Å². The first-order chi connectivity index (χ1) is 11.8. The van der Waals surface area contributed by atoms with Crippen LogP contribution in [0.2, 0.25) is 0 Å². The minimum absolute atomic E-state index is 0.0120. The SMILES string of the molecule is O=C(O)C(Cc1ccccc1)N([N+](=O)[O-])C1([N+](=O)[O-])C=NC(Cl)N=C1. The molecule has 1 aliphatic rings. The lowest BCUT2D eigenvalue weighted by atomic mass is 10.0. The molecule has 12 heteroatoms. The maximum Gasteiger partial charge on any atom is 0.416 e. The van der Waals surface area contributed by atoms with Crippen molar-refractivity contribution in [3.05, 3.63) is 56.1 Å². The summed E-state index contributed by atoms with van der Waals surface area (Å²) in [5.41, 5.74) is -3.37. The van der Waals surface area contributed by atoms with Gasteiger partial charge in [-0.3, -0.25) is 10.1 Å². The molecule has 0 amide bonds. The Hall–Kier alpha value is -3.08. The molecule has 0 fully saturated rings. The van der Waals surface area contributed by atoms with Crippen molar-refractivity contribution < 1.29 is 19.9 Å². The summed E-state index contributed by atoms with van der Waals surface area (Å²) in [6.07, 6.45) is 0.918. The quantitative estimate of drug-likeness (QED) is 0.245. The Balaban J connectivity index is 2.50. The van der Waals surface area contributed by atoms with E-state index in [2.05, 4.69) is 9.98 Å². The molecule has 1 unspecified atom stereocenters. The van der Waals surface area contributed by atoms with Gasteiger partial charge in [-0.1, -0.05) is 41.9 Å². The third-order valence-electron chi connectivity index (χ3n) is 3.46. The molecule has 1 atom stereocenters. The Kier molecular flexibility index (Phi) is 5.27. The number of carboxylic acid groups (broad SMARTS) is 1. The molecule has 0 spiro atoms. The lowest BCUT2D eigenvalue weighted by Crippen LogP contribution is -2.66. The first-order valence-corrected chi connectivity index (χ1v) is 7.29. The van der Waals surface area contributed by atoms with E-state index in [-0.39, 0.29) is 11.4 Å². The maximum absolute atomic E-state index is 11.6. The summed E-state index contributed by atoms with van der Waals surface area (Å²) in [4.78, 5) is 40.7. The number of hydrogen-bond acceptors (Lipinski definition) is 7. The van der Waals surface area contributed by atoms with Crippen molar-refractivity contribution in [2.45, 2.75) is 23.8 Å². The lowest BCUT2D eigenvalue weighted by Gasteiger charge is -2.29. The van der Waals surface area contributed by atoms with Gasteiger partial charge in [0.2, 0.25) is 5.62 Å². The van der Waals surface area contributed by atoms with Crippen LogP contribution in [0.1, 0.15) is 5.56 Å². The zero-order valence-corrected chi connectivity index (χ0v) is 13.3. The van der Waals surface area contributed by atoms with E-state index < -0.39 is 33.3 Å². The Morgan fingerprint density at radius 3 is 2.28 bits per heavy atom. The van der Waals surface area contributed by atoms with E-state index >= 15 is 0 Å². The van der Waals surface area contributed by atoms with Crippen LogP contribution in [0.15, 0.2) is 40.3 Å². The molecule has 0 bridgehead atoms.